The van der Waals surface area contributed by atoms with E-state index in [-0.39, 0.29) is 0 Å². The molecule has 0 radical (unpaired) electrons. The molecule has 0 saturated carbocycles. The average Bonchev–Trinajstić information content (AvgIpc) is 2.56. The van der Waals surface area contributed by atoms with Gasteiger partial charge in [-0.05, 0) is 12.0 Å². The summed E-state index contributed by atoms with van der Waals surface area (Å²) in [7, 11) is 1.64. The molecule has 2 aromatic rings. The van der Waals surface area contributed by atoms with Gasteiger partial charge in [0.1, 0.15) is 5.82 Å². The van der Waals surface area contributed by atoms with Crippen molar-refractivity contribution in [3.63, 3.8) is 0 Å². The second-order valence-electron chi connectivity index (χ2n) is 5.68. The fourth-order valence-corrected chi connectivity index (χ4v) is 2.78. The maximum atomic E-state index is 5.10. The number of aryl methyl sites for hydroxylation is 1. The van der Waals surface area contributed by atoms with Gasteiger partial charge in [-0.1, -0.05) is 13.0 Å². The third-order valence-electron chi connectivity index (χ3n) is 3.95. The molecule has 1 aliphatic heterocycles. The molecule has 0 N–H and O–H groups in total. The molecule has 0 aliphatic carbocycles. The number of methoxy groups -OCH3 is 1. The zero-order valence-corrected chi connectivity index (χ0v) is 13.2. The lowest BCUT2D eigenvalue weighted by Gasteiger charge is -2.28. The zero-order valence-electron chi connectivity index (χ0n) is 13.2. The molecular weight excluding hydrogens is 276 g/mol. The molecule has 0 saturated heterocycles. The SMILES string of the molecule is CCCc1ncc2c(n1)CCN(Cc1ccc(OC)nc1)C2. The van der Waals surface area contributed by atoms with Crippen LogP contribution < -0.4 is 4.74 Å². The van der Waals surface area contributed by atoms with E-state index in [1.165, 1.54) is 16.8 Å². The normalized spacial score (nSPS) is 14.6. The predicted molar refractivity (Wildman–Crippen MR) is 84.6 cm³/mol. The Morgan fingerprint density at radius 3 is 2.86 bits per heavy atom. The van der Waals surface area contributed by atoms with Crippen LogP contribution in [0.25, 0.3) is 0 Å². The summed E-state index contributed by atoms with van der Waals surface area (Å²) in [5.74, 6) is 1.64. The molecule has 0 aromatic carbocycles. The van der Waals surface area contributed by atoms with Crippen LogP contribution in [0.4, 0.5) is 0 Å². The van der Waals surface area contributed by atoms with Crippen molar-refractivity contribution in [2.24, 2.45) is 0 Å². The van der Waals surface area contributed by atoms with Crippen LogP contribution in [0.5, 0.6) is 5.88 Å². The summed E-state index contributed by atoms with van der Waals surface area (Å²) < 4.78 is 5.10. The summed E-state index contributed by atoms with van der Waals surface area (Å²) in [5, 5.41) is 0. The molecule has 0 spiro atoms. The molecule has 3 rings (SSSR count). The molecule has 0 fully saturated rings. The number of nitrogens with zero attached hydrogens (tertiary/aromatic N) is 4. The van der Waals surface area contributed by atoms with Crippen LogP contribution in [0.1, 0.15) is 36.0 Å². The predicted octanol–water partition coefficient (Wildman–Crippen LogP) is 2.39. The summed E-state index contributed by atoms with van der Waals surface area (Å²) in [4.78, 5) is 15.9. The van der Waals surface area contributed by atoms with Gasteiger partial charge in [0.25, 0.3) is 0 Å². The topological polar surface area (TPSA) is 51.1 Å². The molecular formula is C17H22N4O. The third-order valence-corrected chi connectivity index (χ3v) is 3.95. The quantitative estimate of drug-likeness (QED) is 0.848. The van der Waals surface area contributed by atoms with E-state index < -0.39 is 0 Å². The number of hydrogen-bond acceptors (Lipinski definition) is 5. The number of fused-ring (bicyclic) bond motifs is 1. The Balaban J connectivity index is 1.66. The number of aromatic nitrogens is 3. The Bertz CT molecular complexity index is 627. The summed E-state index contributed by atoms with van der Waals surface area (Å²) in [6.07, 6.45) is 6.95. The van der Waals surface area contributed by atoms with Crippen molar-refractivity contribution in [3.05, 3.63) is 47.2 Å². The first-order valence-electron chi connectivity index (χ1n) is 7.83. The Morgan fingerprint density at radius 2 is 2.14 bits per heavy atom. The number of pyridine rings is 1. The first-order chi connectivity index (χ1) is 10.8. The van der Waals surface area contributed by atoms with E-state index >= 15 is 0 Å². The molecule has 0 bridgehead atoms. The Hall–Kier alpha value is -2.01. The second-order valence-corrected chi connectivity index (χ2v) is 5.68. The first-order valence-corrected chi connectivity index (χ1v) is 7.83. The second kappa shape index (κ2) is 6.83. The van der Waals surface area contributed by atoms with E-state index in [4.69, 9.17) is 9.72 Å². The highest BCUT2D eigenvalue weighted by Gasteiger charge is 2.18. The minimum absolute atomic E-state index is 0.657. The van der Waals surface area contributed by atoms with Crippen LogP contribution in [0.3, 0.4) is 0 Å². The molecule has 5 heteroatoms. The molecule has 2 aromatic heterocycles. The standard InChI is InChI=1S/C17H22N4O/c1-3-4-16-18-10-14-12-21(8-7-15(14)20-16)11-13-5-6-17(22-2)19-9-13/h5-6,9-10H,3-4,7-8,11-12H2,1-2H3. The van der Waals surface area contributed by atoms with Crippen LogP contribution in [-0.2, 0) is 25.9 Å². The lowest BCUT2D eigenvalue weighted by Crippen LogP contribution is -2.31. The van der Waals surface area contributed by atoms with Gasteiger partial charge in [0.2, 0.25) is 5.88 Å². The van der Waals surface area contributed by atoms with Gasteiger partial charge in [-0.2, -0.15) is 0 Å². The van der Waals surface area contributed by atoms with Crippen LogP contribution in [0, 0.1) is 0 Å². The monoisotopic (exact) mass is 298 g/mol. The summed E-state index contributed by atoms with van der Waals surface area (Å²) >= 11 is 0. The minimum Gasteiger partial charge on any atom is -0.481 e. The van der Waals surface area contributed by atoms with Gasteiger partial charge in [-0.15, -0.1) is 0 Å². The zero-order chi connectivity index (χ0) is 15.4. The van der Waals surface area contributed by atoms with E-state index in [0.29, 0.717) is 5.88 Å². The molecule has 0 atom stereocenters. The van der Waals surface area contributed by atoms with Crippen molar-refractivity contribution >= 4 is 0 Å². The summed E-state index contributed by atoms with van der Waals surface area (Å²) in [6.45, 7) is 5.00. The molecule has 1 aliphatic rings. The average molecular weight is 298 g/mol. The molecule has 0 amide bonds. The summed E-state index contributed by atoms with van der Waals surface area (Å²) in [5.41, 5.74) is 3.68. The van der Waals surface area contributed by atoms with Gasteiger partial charge < -0.3 is 4.74 Å². The maximum absolute atomic E-state index is 5.10. The molecule has 22 heavy (non-hydrogen) atoms. The van der Waals surface area contributed by atoms with Crippen LogP contribution in [0.2, 0.25) is 0 Å². The smallest absolute Gasteiger partial charge is 0.212 e. The van der Waals surface area contributed by atoms with E-state index in [2.05, 4.69) is 27.9 Å². The number of hydrogen-bond donors (Lipinski definition) is 0. The largest absolute Gasteiger partial charge is 0.481 e. The van der Waals surface area contributed by atoms with Gasteiger partial charge >= 0.3 is 0 Å². The van der Waals surface area contributed by atoms with E-state index in [1.54, 1.807) is 7.11 Å². The van der Waals surface area contributed by atoms with Crippen molar-refractivity contribution in [1.82, 2.24) is 19.9 Å². The van der Waals surface area contributed by atoms with Crippen molar-refractivity contribution in [2.75, 3.05) is 13.7 Å². The molecule has 5 nitrogen and oxygen atoms in total. The highest BCUT2D eigenvalue weighted by atomic mass is 16.5. The van der Waals surface area contributed by atoms with E-state index in [9.17, 15) is 0 Å². The van der Waals surface area contributed by atoms with Crippen LogP contribution in [-0.4, -0.2) is 33.5 Å². The fraction of sp³-hybridized carbons (Fsp3) is 0.471. The van der Waals surface area contributed by atoms with E-state index in [0.717, 1.165) is 44.7 Å². The van der Waals surface area contributed by atoms with Crippen molar-refractivity contribution in [2.45, 2.75) is 39.3 Å². The summed E-state index contributed by atoms with van der Waals surface area (Å²) in [6, 6.07) is 3.98. The third kappa shape index (κ3) is 3.42. The Morgan fingerprint density at radius 1 is 1.23 bits per heavy atom. The molecule has 116 valence electrons. The first kappa shape index (κ1) is 14.9. The lowest BCUT2D eigenvalue weighted by atomic mass is 10.1. The van der Waals surface area contributed by atoms with Crippen molar-refractivity contribution < 1.29 is 4.74 Å². The highest BCUT2D eigenvalue weighted by Crippen LogP contribution is 2.19. The Kier molecular flexibility index (Phi) is 4.63. The Labute approximate surface area is 131 Å². The van der Waals surface area contributed by atoms with Gasteiger partial charge in [0.15, 0.2) is 0 Å². The van der Waals surface area contributed by atoms with Crippen molar-refractivity contribution in [1.29, 1.82) is 0 Å². The lowest BCUT2D eigenvalue weighted by molar-refractivity contribution is 0.242. The maximum Gasteiger partial charge on any atom is 0.212 e. The minimum atomic E-state index is 0.657. The fourth-order valence-electron chi connectivity index (χ4n) is 2.78. The number of ether oxygens (including phenoxy) is 1. The van der Waals surface area contributed by atoms with Crippen LogP contribution in [0.15, 0.2) is 24.5 Å². The highest BCUT2D eigenvalue weighted by molar-refractivity contribution is 5.22. The van der Waals surface area contributed by atoms with Gasteiger partial charge in [-0.3, -0.25) is 4.90 Å². The van der Waals surface area contributed by atoms with E-state index in [1.807, 2.05) is 18.5 Å². The van der Waals surface area contributed by atoms with Gasteiger partial charge in [0.05, 0.1) is 7.11 Å². The molecule has 3 heterocycles. The number of rotatable bonds is 5. The molecule has 0 unspecified atom stereocenters. The van der Waals surface area contributed by atoms with Gasteiger partial charge in [0, 0.05) is 62.2 Å². The van der Waals surface area contributed by atoms with Gasteiger partial charge in [-0.25, -0.2) is 15.0 Å². The van der Waals surface area contributed by atoms with Crippen molar-refractivity contribution in [3.8, 4) is 5.88 Å². The van der Waals surface area contributed by atoms with Crippen LogP contribution >= 0.6 is 0 Å².